The second-order valence-corrected chi connectivity index (χ2v) is 10.7. The number of ether oxygens (including phenoxy) is 6. The molecule has 7 rings (SSSR count). The van der Waals surface area contributed by atoms with Crippen molar-refractivity contribution >= 4 is 0 Å². The molecule has 0 aliphatic carbocycles. The fourth-order valence-electron chi connectivity index (χ4n) is 5.92. The highest BCUT2D eigenvalue weighted by molar-refractivity contribution is 5.47. The lowest BCUT2D eigenvalue weighted by molar-refractivity contribution is 0.0192. The largest absolute Gasteiger partial charge is 0.508 e. The van der Waals surface area contributed by atoms with E-state index in [-0.39, 0.29) is 37.3 Å². The van der Waals surface area contributed by atoms with Gasteiger partial charge in [-0.2, -0.15) is 0 Å². The minimum Gasteiger partial charge on any atom is -0.508 e. The molecule has 3 aromatic carbocycles. The number of unbranched alkanes of at least 4 members (excludes halogenated alkanes) is 3. The first kappa shape index (κ1) is 26.6. The average Bonchev–Trinajstić information content (AvgIpc) is 3.76. The van der Waals surface area contributed by atoms with Crippen LogP contribution in [0.3, 0.4) is 0 Å². The van der Waals surface area contributed by atoms with Crippen LogP contribution in [-0.2, 0) is 15.9 Å². The van der Waals surface area contributed by atoms with E-state index in [1.807, 2.05) is 24.3 Å². The Hall–Kier alpha value is -3.62. The van der Waals surface area contributed by atoms with E-state index in [0.717, 1.165) is 52.5 Å². The summed E-state index contributed by atoms with van der Waals surface area (Å²) in [5.41, 5.74) is 3.17. The summed E-state index contributed by atoms with van der Waals surface area (Å²) in [6.07, 6.45) is 5.72. The van der Waals surface area contributed by atoms with Gasteiger partial charge in [-0.1, -0.05) is 44.4 Å². The SMILES string of the molecule is CCCCCCc1ccc(O)cc1O.c1cc2c(cc1C1OCC3C(c4ccc5c(c4)OCO5)OCC13)OCO2. The molecule has 3 aromatic rings. The number of fused-ring (bicyclic) bond motifs is 3. The Morgan fingerprint density at radius 1 is 0.650 bits per heavy atom. The predicted octanol–water partition coefficient (Wildman–Crippen LogP) is 6.44. The summed E-state index contributed by atoms with van der Waals surface area (Å²) >= 11 is 0. The summed E-state index contributed by atoms with van der Waals surface area (Å²) in [5, 5.41) is 18.6. The molecule has 0 spiro atoms. The van der Waals surface area contributed by atoms with Gasteiger partial charge in [-0.15, -0.1) is 0 Å². The van der Waals surface area contributed by atoms with Crippen LogP contribution >= 0.6 is 0 Å². The van der Waals surface area contributed by atoms with Crippen molar-refractivity contribution in [3.63, 3.8) is 0 Å². The molecule has 4 unspecified atom stereocenters. The van der Waals surface area contributed by atoms with Gasteiger partial charge in [0.15, 0.2) is 23.0 Å². The molecule has 0 amide bonds. The lowest BCUT2D eigenvalue weighted by atomic mass is 9.85. The van der Waals surface area contributed by atoms with Gasteiger partial charge >= 0.3 is 0 Å². The third-order valence-corrected chi connectivity index (χ3v) is 8.08. The Balaban J connectivity index is 0.000000177. The molecule has 2 fully saturated rings. The molecule has 2 saturated heterocycles. The summed E-state index contributed by atoms with van der Waals surface area (Å²) < 4.78 is 34.2. The summed E-state index contributed by atoms with van der Waals surface area (Å²) in [4.78, 5) is 0. The maximum atomic E-state index is 9.49. The number of benzene rings is 3. The van der Waals surface area contributed by atoms with Gasteiger partial charge in [0.05, 0.1) is 25.4 Å². The number of hydrogen-bond acceptors (Lipinski definition) is 8. The van der Waals surface area contributed by atoms with Gasteiger partial charge in [-0.25, -0.2) is 0 Å². The maximum Gasteiger partial charge on any atom is 0.231 e. The molecular formula is C32H36O8. The monoisotopic (exact) mass is 548 g/mol. The van der Waals surface area contributed by atoms with Crippen LogP contribution in [0.5, 0.6) is 34.5 Å². The first-order valence-electron chi connectivity index (χ1n) is 14.1. The molecule has 4 aliphatic rings. The van der Waals surface area contributed by atoms with Crippen LogP contribution in [0.25, 0.3) is 0 Å². The van der Waals surface area contributed by atoms with Crippen LogP contribution < -0.4 is 18.9 Å². The van der Waals surface area contributed by atoms with Crippen LogP contribution in [0.15, 0.2) is 54.6 Å². The molecule has 4 atom stereocenters. The topological polar surface area (TPSA) is 95.8 Å². The molecule has 0 bridgehead atoms. The molecular weight excluding hydrogens is 512 g/mol. The first-order chi connectivity index (χ1) is 19.6. The van der Waals surface area contributed by atoms with E-state index < -0.39 is 0 Å². The molecule has 2 N–H and O–H groups in total. The highest BCUT2D eigenvalue weighted by Gasteiger charge is 2.48. The highest BCUT2D eigenvalue weighted by atomic mass is 16.7. The second-order valence-electron chi connectivity index (χ2n) is 10.7. The molecule has 0 saturated carbocycles. The van der Waals surface area contributed by atoms with Crippen molar-refractivity contribution in [1.29, 1.82) is 0 Å². The average molecular weight is 549 g/mol. The number of hydrogen-bond donors (Lipinski definition) is 2. The van der Waals surface area contributed by atoms with Crippen molar-refractivity contribution in [1.82, 2.24) is 0 Å². The Labute approximate surface area is 234 Å². The molecule has 8 heteroatoms. The molecule has 0 radical (unpaired) electrons. The van der Waals surface area contributed by atoms with E-state index in [4.69, 9.17) is 33.5 Å². The number of rotatable bonds is 7. The zero-order chi connectivity index (χ0) is 27.5. The summed E-state index contributed by atoms with van der Waals surface area (Å²) in [5.74, 6) is 4.16. The van der Waals surface area contributed by atoms with E-state index in [2.05, 4.69) is 19.1 Å². The summed E-state index contributed by atoms with van der Waals surface area (Å²) in [6, 6.07) is 16.9. The molecule has 0 aromatic heterocycles. The summed E-state index contributed by atoms with van der Waals surface area (Å²) in [6.45, 7) is 4.11. The minimum absolute atomic E-state index is 0.0218. The van der Waals surface area contributed by atoms with Crippen molar-refractivity contribution in [2.24, 2.45) is 11.8 Å². The van der Waals surface area contributed by atoms with Gasteiger partial charge in [0.25, 0.3) is 0 Å². The molecule has 4 heterocycles. The van der Waals surface area contributed by atoms with Crippen molar-refractivity contribution in [2.45, 2.75) is 51.2 Å². The van der Waals surface area contributed by atoms with Crippen molar-refractivity contribution in [3.05, 3.63) is 71.3 Å². The van der Waals surface area contributed by atoms with Crippen molar-refractivity contribution in [2.75, 3.05) is 26.8 Å². The van der Waals surface area contributed by atoms with Gasteiger partial charge in [0, 0.05) is 17.9 Å². The standard InChI is InChI=1S/C20H18O6.C12H18O2/c1-3-15-17(25-9-23-15)5-11(1)19-13-7-22-20(14(13)8-21-19)12-2-4-16-18(6-12)26-10-24-16;1-2-3-4-5-6-10-7-8-11(13)9-12(10)14/h1-6,13-14,19-20H,7-10H2;7-9,13-14H,2-6H2,1H3. The van der Waals surface area contributed by atoms with Gasteiger partial charge < -0.3 is 38.6 Å². The van der Waals surface area contributed by atoms with E-state index in [0.29, 0.717) is 25.0 Å². The van der Waals surface area contributed by atoms with Crippen LogP contribution in [0.4, 0.5) is 0 Å². The third kappa shape index (κ3) is 5.51. The fourth-order valence-corrected chi connectivity index (χ4v) is 5.92. The van der Waals surface area contributed by atoms with E-state index in [1.165, 1.54) is 25.3 Å². The van der Waals surface area contributed by atoms with Crippen LogP contribution in [0.2, 0.25) is 0 Å². The normalized spacial score (nSPS) is 23.5. The van der Waals surface area contributed by atoms with Gasteiger partial charge in [-0.3, -0.25) is 0 Å². The van der Waals surface area contributed by atoms with Gasteiger partial charge in [-0.05, 0) is 59.9 Å². The first-order valence-corrected chi connectivity index (χ1v) is 14.1. The maximum absolute atomic E-state index is 9.49. The Kier molecular flexibility index (Phi) is 7.89. The highest BCUT2D eigenvalue weighted by Crippen LogP contribution is 2.52. The number of phenolic OH excluding ortho intramolecular Hbond substituents is 2. The van der Waals surface area contributed by atoms with Gasteiger partial charge in [0.2, 0.25) is 13.6 Å². The Bertz CT molecular complexity index is 1250. The van der Waals surface area contributed by atoms with E-state index >= 15 is 0 Å². The minimum atomic E-state index is 0.0218. The Morgan fingerprint density at radius 3 is 1.77 bits per heavy atom. The van der Waals surface area contributed by atoms with Crippen molar-refractivity contribution < 1.29 is 38.6 Å². The van der Waals surface area contributed by atoms with Crippen LogP contribution in [0, 0.1) is 11.8 Å². The number of aryl methyl sites for hydroxylation is 1. The van der Waals surface area contributed by atoms with E-state index in [1.54, 1.807) is 12.1 Å². The zero-order valence-electron chi connectivity index (χ0n) is 22.7. The predicted molar refractivity (Wildman–Crippen MR) is 147 cm³/mol. The Morgan fingerprint density at radius 2 is 1.23 bits per heavy atom. The molecule has 4 aliphatic heterocycles. The molecule has 212 valence electrons. The zero-order valence-corrected chi connectivity index (χ0v) is 22.7. The van der Waals surface area contributed by atoms with Crippen molar-refractivity contribution in [3.8, 4) is 34.5 Å². The summed E-state index contributed by atoms with van der Waals surface area (Å²) in [7, 11) is 0. The lowest BCUT2D eigenvalue weighted by Crippen LogP contribution is -2.14. The third-order valence-electron chi connectivity index (χ3n) is 8.08. The molecule has 40 heavy (non-hydrogen) atoms. The number of phenols is 2. The fraction of sp³-hybridized carbons (Fsp3) is 0.438. The van der Waals surface area contributed by atoms with Crippen LogP contribution in [0.1, 0.15) is 61.5 Å². The second kappa shape index (κ2) is 11.9. The number of aromatic hydroxyl groups is 2. The van der Waals surface area contributed by atoms with Crippen LogP contribution in [-0.4, -0.2) is 37.0 Å². The quantitative estimate of drug-likeness (QED) is 0.326. The van der Waals surface area contributed by atoms with Gasteiger partial charge in [0.1, 0.15) is 11.5 Å². The lowest BCUT2D eigenvalue weighted by Gasteiger charge is -2.17. The van der Waals surface area contributed by atoms with E-state index in [9.17, 15) is 5.11 Å². The smallest absolute Gasteiger partial charge is 0.231 e. The molecule has 8 nitrogen and oxygen atoms in total.